The lowest BCUT2D eigenvalue weighted by Gasteiger charge is -2.26. The average Bonchev–Trinajstić information content (AvgIpc) is 3.14. The molecule has 24 heavy (non-hydrogen) atoms. The van der Waals surface area contributed by atoms with Gasteiger partial charge in [-0.1, -0.05) is 30.3 Å². The first-order chi connectivity index (χ1) is 11.6. The van der Waals surface area contributed by atoms with Crippen LogP contribution in [0.25, 0.3) is 0 Å². The number of carbonyl (C=O) groups is 2. The van der Waals surface area contributed by atoms with Crippen LogP contribution in [0.4, 0.5) is 0 Å². The summed E-state index contributed by atoms with van der Waals surface area (Å²) in [5.74, 6) is 0.0257. The van der Waals surface area contributed by atoms with E-state index in [1.807, 2.05) is 11.4 Å². The molecular formula is C19H22N2O2S. The molecule has 0 bridgehead atoms. The lowest BCUT2D eigenvalue weighted by Crippen LogP contribution is -2.45. The van der Waals surface area contributed by atoms with Gasteiger partial charge in [0.2, 0.25) is 5.91 Å². The van der Waals surface area contributed by atoms with Crippen LogP contribution in [0.2, 0.25) is 0 Å². The molecule has 2 N–H and O–H groups in total. The zero-order valence-electron chi connectivity index (χ0n) is 13.7. The summed E-state index contributed by atoms with van der Waals surface area (Å²) >= 11 is 1.37. The van der Waals surface area contributed by atoms with Crippen LogP contribution < -0.4 is 10.6 Å². The number of nitrogens with one attached hydrogen (secondary N) is 2. The largest absolute Gasteiger partial charge is 0.354 e. The van der Waals surface area contributed by atoms with Crippen molar-refractivity contribution in [3.05, 3.63) is 57.8 Å². The van der Waals surface area contributed by atoms with E-state index < -0.39 is 6.04 Å². The third kappa shape index (κ3) is 3.85. The maximum Gasteiger partial charge on any atom is 0.261 e. The van der Waals surface area contributed by atoms with Crippen LogP contribution in [0.5, 0.6) is 0 Å². The second-order valence-corrected chi connectivity index (χ2v) is 7.15. The molecule has 1 aromatic carbocycles. The molecule has 2 unspecified atom stereocenters. The molecule has 4 nitrogen and oxygen atoms in total. The number of benzene rings is 1. The third-order valence-electron chi connectivity index (χ3n) is 4.50. The second-order valence-electron chi connectivity index (χ2n) is 6.21. The Morgan fingerprint density at radius 2 is 2.08 bits per heavy atom. The SMILES string of the molecule is CC(NC(=O)c1cccs1)C(=O)NCC1CCCc2ccccc21. The van der Waals surface area contributed by atoms with Gasteiger partial charge in [0.25, 0.3) is 5.91 Å². The lowest BCUT2D eigenvalue weighted by molar-refractivity contribution is -0.122. The van der Waals surface area contributed by atoms with E-state index >= 15 is 0 Å². The van der Waals surface area contributed by atoms with Crippen molar-refractivity contribution >= 4 is 23.2 Å². The molecule has 1 aromatic heterocycles. The Morgan fingerprint density at radius 3 is 2.88 bits per heavy atom. The summed E-state index contributed by atoms with van der Waals surface area (Å²) in [4.78, 5) is 24.9. The molecule has 3 rings (SSSR count). The molecule has 0 radical (unpaired) electrons. The van der Waals surface area contributed by atoms with Gasteiger partial charge in [-0.15, -0.1) is 11.3 Å². The van der Waals surface area contributed by atoms with E-state index in [1.54, 1.807) is 13.0 Å². The van der Waals surface area contributed by atoms with Crippen LogP contribution in [-0.4, -0.2) is 24.4 Å². The van der Waals surface area contributed by atoms with Crippen molar-refractivity contribution in [3.8, 4) is 0 Å². The molecular weight excluding hydrogens is 320 g/mol. The fourth-order valence-corrected chi connectivity index (χ4v) is 3.81. The number of thiophene rings is 1. The summed E-state index contributed by atoms with van der Waals surface area (Å²) in [7, 11) is 0. The van der Waals surface area contributed by atoms with Gasteiger partial charge in [0.05, 0.1) is 4.88 Å². The maximum absolute atomic E-state index is 12.3. The number of fused-ring (bicyclic) bond motifs is 1. The first-order valence-electron chi connectivity index (χ1n) is 8.35. The molecule has 126 valence electrons. The number of rotatable bonds is 5. The Kier molecular flexibility index (Phi) is 5.30. The highest BCUT2D eigenvalue weighted by molar-refractivity contribution is 7.12. The van der Waals surface area contributed by atoms with Gasteiger partial charge >= 0.3 is 0 Å². The maximum atomic E-state index is 12.3. The second kappa shape index (κ2) is 7.62. The molecule has 2 atom stereocenters. The molecule has 1 aliphatic carbocycles. The molecule has 0 aliphatic heterocycles. The lowest BCUT2D eigenvalue weighted by atomic mass is 9.83. The van der Waals surface area contributed by atoms with E-state index in [0.29, 0.717) is 17.3 Å². The monoisotopic (exact) mass is 342 g/mol. The van der Waals surface area contributed by atoms with Crippen LogP contribution in [0.3, 0.4) is 0 Å². The Balaban J connectivity index is 1.53. The van der Waals surface area contributed by atoms with Gasteiger partial charge in [0.15, 0.2) is 0 Å². The Bertz CT molecular complexity index is 712. The Labute approximate surface area is 146 Å². The van der Waals surface area contributed by atoms with E-state index in [2.05, 4.69) is 34.9 Å². The van der Waals surface area contributed by atoms with E-state index in [9.17, 15) is 9.59 Å². The quantitative estimate of drug-likeness (QED) is 0.877. The van der Waals surface area contributed by atoms with Gasteiger partial charge in [-0.2, -0.15) is 0 Å². The van der Waals surface area contributed by atoms with Crippen LogP contribution in [0.1, 0.15) is 46.5 Å². The van der Waals surface area contributed by atoms with Crippen molar-refractivity contribution in [2.45, 2.75) is 38.1 Å². The standard InChI is InChI=1S/C19H22N2O2S/c1-13(21-19(23)17-10-5-11-24-17)18(22)20-12-15-8-4-7-14-6-2-3-9-16(14)15/h2-3,5-6,9-11,13,15H,4,7-8,12H2,1H3,(H,20,22)(H,21,23). The Hall–Kier alpha value is -2.14. The molecule has 5 heteroatoms. The average molecular weight is 342 g/mol. The summed E-state index contributed by atoms with van der Waals surface area (Å²) in [5.41, 5.74) is 2.74. The number of aryl methyl sites for hydroxylation is 1. The van der Waals surface area contributed by atoms with Crippen molar-refractivity contribution in [1.29, 1.82) is 0 Å². The van der Waals surface area contributed by atoms with E-state index in [-0.39, 0.29) is 11.8 Å². The van der Waals surface area contributed by atoms with E-state index in [4.69, 9.17) is 0 Å². The highest BCUT2D eigenvalue weighted by Crippen LogP contribution is 2.30. The Morgan fingerprint density at radius 1 is 1.25 bits per heavy atom. The fourth-order valence-electron chi connectivity index (χ4n) is 3.18. The smallest absolute Gasteiger partial charge is 0.261 e. The van der Waals surface area contributed by atoms with Crippen molar-refractivity contribution in [1.82, 2.24) is 10.6 Å². The minimum absolute atomic E-state index is 0.136. The first kappa shape index (κ1) is 16.7. The minimum Gasteiger partial charge on any atom is -0.354 e. The molecule has 0 saturated heterocycles. The molecule has 0 fully saturated rings. The predicted molar refractivity (Wildman–Crippen MR) is 96.4 cm³/mol. The normalized spacial score (nSPS) is 17.6. The third-order valence-corrected chi connectivity index (χ3v) is 5.37. The van der Waals surface area contributed by atoms with Gasteiger partial charge in [0, 0.05) is 12.5 Å². The van der Waals surface area contributed by atoms with Crippen molar-refractivity contribution < 1.29 is 9.59 Å². The van der Waals surface area contributed by atoms with Crippen molar-refractivity contribution in [3.63, 3.8) is 0 Å². The zero-order chi connectivity index (χ0) is 16.9. The first-order valence-corrected chi connectivity index (χ1v) is 9.23. The number of hydrogen-bond acceptors (Lipinski definition) is 3. The van der Waals surface area contributed by atoms with Crippen LogP contribution in [0.15, 0.2) is 41.8 Å². The number of amides is 2. The van der Waals surface area contributed by atoms with E-state index in [1.165, 1.54) is 22.5 Å². The van der Waals surface area contributed by atoms with Gasteiger partial charge in [0.1, 0.15) is 6.04 Å². The molecule has 0 saturated carbocycles. The van der Waals surface area contributed by atoms with Crippen LogP contribution in [-0.2, 0) is 11.2 Å². The molecule has 0 spiro atoms. The summed E-state index contributed by atoms with van der Waals surface area (Å²) in [5, 5.41) is 7.59. The van der Waals surface area contributed by atoms with Crippen molar-refractivity contribution in [2.75, 3.05) is 6.54 Å². The topological polar surface area (TPSA) is 58.2 Å². The number of carbonyl (C=O) groups excluding carboxylic acids is 2. The highest BCUT2D eigenvalue weighted by atomic mass is 32.1. The van der Waals surface area contributed by atoms with Crippen LogP contribution in [0, 0.1) is 0 Å². The van der Waals surface area contributed by atoms with E-state index in [0.717, 1.165) is 19.3 Å². The summed E-state index contributed by atoms with van der Waals surface area (Å²) in [6.45, 7) is 2.34. The zero-order valence-corrected chi connectivity index (χ0v) is 14.6. The molecule has 1 heterocycles. The summed E-state index contributed by atoms with van der Waals surface area (Å²) in [6.07, 6.45) is 3.36. The van der Waals surface area contributed by atoms with Crippen molar-refractivity contribution in [2.24, 2.45) is 0 Å². The molecule has 1 aliphatic rings. The predicted octanol–water partition coefficient (Wildman–Crippen LogP) is 3.10. The molecule has 2 aromatic rings. The summed E-state index contributed by atoms with van der Waals surface area (Å²) in [6, 6.07) is 11.5. The van der Waals surface area contributed by atoms with Gasteiger partial charge in [-0.25, -0.2) is 0 Å². The highest BCUT2D eigenvalue weighted by Gasteiger charge is 2.22. The van der Waals surface area contributed by atoms with Crippen LogP contribution >= 0.6 is 11.3 Å². The van der Waals surface area contributed by atoms with Gasteiger partial charge < -0.3 is 10.6 Å². The summed E-state index contributed by atoms with van der Waals surface area (Å²) < 4.78 is 0. The fraction of sp³-hybridized carbons (Fsp3) is 0.368. The van der Waals surface area contributed by atoms with Gasteiger partial charge in [-0.05, 0) is 48.8 Å². The molecule has 2 amide bonds. The minimum atomic E-state index is -0.543. The van der Waals surface area contributed by atoms with Gasteiger partial charge in [-0.3, -0.25) is 9.59 Å². The number of hydrogen-bond donors (Lipinski definition) is 2.